The Morgan fingerprint density at radius 3 is 2.37 bits per heavy atom. The first-order valence-electron chi connectivity index (χ1n) is 8.40. The molecule has 0 aliphatic rings. The van der Waals surface area contributed by atoms with Gasteiger partial charge >= 0.3 is 0 Å². The summed E-state index contributed by atoms with van der Waals surface area (Å²) in [5.41, 5.74) is 1.05. The van der Waals surface area contributed by atoms with Gasteiger partial charge in [0.15, 0.2) is 0 Å². The van der Waals surface area contributed by atoms with Gasteiger partial charge < -0.3 is 10.6 Å². The summed E-state index contributed by atoms with van der Waals surface area (Å²) < 4.78 is 13.1. The molecule has 0 saturated carbocycles. The Labute approximate surface area is 167 Å². The molecule has 0 saturated heterocycles. The normalized spacial score (nSPS) is 11.1. The molecule has 4 nitrogen and oxygen atoms in total. The number of benzene rings is 2. The average Bonchev–Trinajstić information content (AvgIpc) is 2.55. The van der Waals surface area contributed by atoms with E-state index in [9.17, 15) is 14.0 Å². The molecule has 0 bridgehead atoms. The van der Waals surface area contributed by atoms with Crippen LogP contribution in [0.2, 0.25) is 5.02 Å². The van der Waals surface area contributed by atoms with Crippen molar-refractivity contribution < 1.29 is 14.0 Å². The van der Waals surface area contributed by atoms with Gasteiger partial charge in [-0.25, -0.2) is 4.39 Å². The van der Waals surface area contributed by atoms with Crippen LogP contribution in [0.5, 0.6) is 0 Å². The fourth-order valence-corrected chi connectivity index (χ4v) is 3.21. The van der Waals surface area contributed by atoms with Crippen LogP contribution < -0.4 is 10.6 Å². The SMILES string of the molecule is CC(C)(C)CC(=O)Nc1cccc(SCC(=O)Nc2ccc(F)c(Cl)c2)c1. The van der Waals surface area contributed by atoms with Gasteiger partial charge in [0, 0.05) is 22.7 Å². The lowest BCUT2D eigenvalue weighted by Gasteiger charge is -2.17. The van der Waals surface area contributed by atoms with Crippen molar-refractivity contribution in [1.82, 2.24) is 0 Å². The Morgan fingerprint density at radius 2 is 1.70 bits per heavy atom. The first-order chi connectivity index (χ1) is 12.6. The summed E-state index contributed by atoms with van der Waals surface area (Å²) in [4.78, 5) is 25.0. The van der Waals surface area contributed by atoms with Gasteiger partial charge in [0.2, 0.25) is 11.8 Å². The molecule has 0 spiro atoms. The Balaban J connectivity index is 1.89. The minimum Gasteiger partial charge on any atom is -0.326 e. The number of nitrogens with one attached hydrogen (secondary N) is 2. The first-order valence-corrected chi connectivity index (χ1v) is 9.76. The van der Waals surface area contributed by atoms with E-state index in [-0.39, 0.29) is 28.0 Å². The number of carbonyl (C=O) groups is 2. The van der Waals surface area contributed by atoms with Crippen molar-refractivity contribution in [3.63, 3.8) is 0 Å². The number of amides is 2. The second-order valence-electron chi connectivity index (χ2n) is 7.28. The van der Waals surface area contributed by atoms with E-state index in [1.807, 2.05) is 45.0 Å². The third kappa shape index (κ3) is 7.61. The van der Waals surface area contributed by atoms with Crippen molar-refractivity contribution in [2.45, 2.75) is 32.1 Å². The fraction of sp³-hybridized carbons (Fsp3) is 0.300. The smallest absolute Gasteiger partial charge is 0.234 e. The van der Waals surface area contributed by atoms with Gasteiger partial charge in [0.1, 0.15) is 5.82 Å². The van der Waals surface area contributed by atoms with Crippen LogP contribution in [-0.4, -0.2) is 17.6 Å². The van der Waals surface area contributed by atoms with E-state index in [1.165, 1.54) is 30.0 Å². The lowest BCUT2D eigenvalue weighted by Crippen LogP contribution is -2.19. The maximum absolute atomic E-state index is 13.1. The van der Waals surface area contributed by atoms with Crippen LogP contribution in [0.25, 0.3) is 0 Å². The van der Waals surface area contributed by atoms with E-state index >= 15 is 0 Å². The minimum atomic E-state index is -0.533. The molecule has 144 valence electrons. The third-order valence-corrected chi connectivity index (χ3v) is 4.67. The van der Waals surface area contributed by atoms with Gasteiger partial charge in [-0.1, -0.05) is 38.4 Å². The minimum absolute atomic E-state index is 0.0425. The molecular formula is C20H22ClFN2O2S. The number of hydrogen-bond acceptors (Lipinski definition) is 3. The standard InChI is InChI=1S/C20H22ClFN2O2S/c1-20(2,3)11-18(25)23-13-5-4-6-15(9-13)27-12-19(26)24-14-7-8-17(22)16(21)10-14/h4-10H,11-12H2,1-3H3,(H,23,25)(H,24,26). The van der Waals surface area contributed by atoms with Crippen LogP contribution in [0.4, 0.5) is 15.8 Å². The molecule has 0 aromatic heterocycles. The van der Waals surface area contributed by atoms with Crippen molar-refractivity contribution in [3.8, 4) is 0 Å². The summed E-state index contributed by atoms with van der Waals surface area (Å²) in [7, 11) is 0. The van der Waals surface area contributed by atoms with Gasteiger partial charge in [0.05, 0.1) is 10.8 Å². The molecule has 0 aliphatic carbocycles. The Hall–Kier alpha value is -2.05. The molecule has 2 aromatic rings. The van der Waals surface area contributed by atoms with Gasteiger partial charge in [-0.15, -0.1) is 11.8 Å². The van der Waals surface area contributed by atoms with Crippen LogP contribution in [0.15, 0.2) is 47.4 Å². The van der Waals surface area contributed by atoms with Gasteiger partial charge in [-0.2, -0.15) is 0 Å². The summed E-state index contributed by atoms with van der Waals surface area (Å²) >= 11 is 7.04. The molecule has 7 heteroatoms. The number of thioether (sulfide) groups is 1. The first kappa shape index (κ1) is 21.3. The Kier molecular flexibility index (Phi) is 7.27. The summed E-state index contributed by atoms with van der Waals surface area (Å²) in [6.07, 6.45) is 0.424. The van der Waals surface area contributed by atoms with Crippen molar-refractivity contribution in [2.75, 3.05) is 16.4 Å². The number of carbonyl (C=O) groups excluding carboxylic acids is 2. The molecule has 27 heavy (non-hydrogen) atoms. The fourth-order valence-electron chi connectivity index (χ4n) is 2.27. The molecule has 2 N–H and O–H groups in total. The molecule has 2 rings (SSSR count). The van der Waals surface area contributed by atoms with E-state index < -0.39 is 5.82 Å². The second kappa shape index (κ2) is 9.24. The van der Waals surface area contributed by atoms with E-state index in [1.54, 1.807) is 0 Å². The highest BCUT2D eigenvalue weighted by atomic mass is 35.5. The highest BCUT2D eigenvalue weighted by Crippen LogP contribution is 2.24. The molecule has 0 fully saturated rings. The lowest BCUT2D eigenvalue weighted by molar-refractivity contribution is -0.118. The molecule has 0 unspecified atom stereocenters. The maximum Gasteiger partial charge on any atom is 0.234 e. The molecule has 0 radical (unpaired) electrons. The van der Waals surface area contributed by atoms with E-state index in [0.29, 0.717) is 17.8 Å². The van der Waals surface area contributed by atoms with E-state index in [0.717, 1.165) is 4.90 Å². The highest BCUT2D eigenvalue weighted by molar-refractivity contribution is 8.00. The summed E-state index contributed by atoms with van der Waals surface area (Å²) in [6.45, 7) is 6.02. The van der Waals surface area contributed by atoms with Gasteiger partial charge in [-0.05, 0) is 41.8 Å². The van der Waals surface area contributed by atoms with Crippen LogP contribution in [0, 0.1) is 11.2 Å². The lowest BCUT2D eigenvalue weighted by atomic mass is 9.92. The zero-order valence-corrected chi connectivity index (χ0v) is 17.0. The van der Waals surface area contributed by atoms with Crippen LogP contribution in [0.1, 0.15) is 27.2 Å². The zero-order valence-electron chi connectivity index (χ0n) is 15.4. The quantitative estimate of drug-likeness (QED) is 0.613. The van der Waals surface area contributed by atoms with Crippen molar-refractivity contribution >= 4 is 46.6 Å². The molecule has 2 amide bonds. The number of rotatable bonds is 6. The number of hydrogen-bond donors (Lipinski definition) is 2. The highest BCUT2D eigenvalue weighted by Gasteiger charge is 2.16. The Morgan fingerprint density at radius 1 is 1.04 bits per heavy atom. The zero-order chi connectivity index (χ0) is 20.0. The molecule has 2 aromatic carbocycles. The van der Waals surface area contributed by atoms with Gasteiger partial charge in [-0.3, -0.25) is 9.59 Å². The average molecular weight is 409 g/mol. The third-order valence-electron chi connectivity index (χ3n) is 3.38. The van der Waals surface area contributed by atoms with Crippen molar-refractivity contribution in [2.24, 2.45) is 5.41 Å². The van der Waals surface area contributed by atoms with Crippen molar-refractivity contribution in [3.05, 3.63) is 53.3 Å². The van der Waals surface area contributed by atoms with Crippen LogP contribution in [-0.2, 0) is 9.59 Å². The topological polar surface area (TPSA) is 58.2 Å². The predicted octanol–water partition coefficient (Wildman–Crippen LogP) is 5.58. The largest absolute Gasteiger partial charge is 0.326 e. The summed E-state index contributed by atoms with van der Waals surface area (Å²) in [5, 5.41) is 5.50. The van der Waals surface area contributed by atoms with Crippen LogP contribution in [0.3, 0.4) is 0 Å². The molecule has 0 aliphatic heterocycles. The molecule has 0 heterocycles. The predicted molar refractivity (Wildman–Crippen MR) is 110 cm³/mol. The number of anilines is 2. The van der Waals surface area contributed by atoms with E-state index in [4.69, 9.17) is 11.6 Å². The monoisotopic (exact) mass is 408 g/mol. The molecular weight excluding hydrogens is 387 g/mol. The number of halogens is 2. The second-order valence-corrected chi connectivity index (χ2v) is 8.74. The van der Waals surface area contributed by atoms with E-state index in [2.05, 4.69) is 10.6 Å². The molecule has 0 atom stereocenters. The van der Waals surface area contributed by atoms with Crippen LogP contribution >= 0.6 is 23.4 Å². The summed E-state index contributed by atoms with van der Waals surface area (Å²) in [5.74, 6) is -0.635. The Bertz CT molecular complexity index is 837. The maximum atomic E-state index is 13.1. The summed E-state index contributed by atoms with van der Waals surface area (Å²) in [6, 6.07) is 11.4. The van der Waals surface area contributed by atoms with Crippen molar-refractivity contribution in [1.29, 1.82) is 0 Å². The van der Waals surface area contributed by atoms with Gasteiger partial charge in [0.25, 0.3) is 0 Å².